The molecule has 14 heteroatoms. The third-order valence-corrected chi connectivity index (χ3v) is 5.65. The van der Waals surface area contributed by atoms with Gasteiger partial charge in [-0.1, -0.05) is 55.7 Å². The first-order valence-corrected chi connectivity index (χ1v) is 12.6. The van der Waals surface area contributed by atoms with Crippen LogP contribution in [-0.2, 0) is 40.8 Å². The molecule has 0 aromatic heterocycles. The van der Waals surface area contributed by atoms with E-state index in [1.165, 1.54) is 38.8 Å². The predicted octanol–water partition coefficient (Wildman–Crippen LogP) is 4.08. The number of aliphatic hydroxyl groups is 4. The number of piperidine rings is 1. The van der Waals surface area contributed by atoms with E-state index < -0.39 is 17.5 Å². The standard InChI is InChI=1S/C11H18N2O2.C11H8N2O2.2C2H6O2.2Pd/c2*14-13(15)10-5-3-4-9(8-10)11-6-1-2-7-12-11;2*1-2(3)4;;/h4,9-11H,1-3,5-8H2;1-3,5-8,11H;2*2-4H,1H3;;/q2*-2;;;2*+2. The minimum atomic E-state index is -1.17. The van der Waals surface area contributed by atoms with Crippen molar-refractivity contribution in [2.75, 3.05) is 6.54 Å². The van der Waals surface area contributed by atoms with E-state index in [9.17, 15) is 20.2 Å². The maximum absolute atomic E-state index is 10.7. The Labute approximate surface area is 262 Å². The summed E-state index contributed by atoms with van der Waals surface area (Å²) in [7, 11) is 0. The normalized spacial score (nSPS) is 22.8. The number of nitrogens with zero attached hydrogens (tertiary/aromatic N) is 4. The average molecular weight is 747 g/mol. The van der Waals surface area contributed by atoms with Crippen molar-refractivity contribution in [3.63, 3.8) is 0 Å². The van der Waals surface area contributed by atoms with Gasteiger partial charge in [0.15, 0.2) is 5.69 Å². The molecule has 0 amide bonds. The molecule has 4 atom stereocenters. The van der Waals surface area contributed by atoms with Crippen LogP contribution in [0.15, 0.2) is 42.6 Å². The Hall–Kier alpha value is -1.58. The Morgan fingerprint density at radius 2 is 1.70 bits per heavy atom. The third-order valence-electron chi connectivity index (χ3n) is 5.65. The summed E-state index contributed by atoms with van der Waals surface area (Å²) < 4.78 is 0. The van der Waals surface area contributed by atoms with Crippen molar-refractivity contribution < 1.29 is 71.1 Å². The summed E-state index contributed by atoms with van der Waals surface area (Å²) in [5.41, 5.74) is 0.784. The Balaban J connectivity index is 0. The van der Waals surface area contributed by atoms with Gasteiger partial charge in [0, 0.05) is 9.85 Å². The van der Waals surface area contributed by atoms with E-state index in [1.54, 1.807) is 12.3 Å². The van der Waals surface area contributed by atoms with E-state index in [-0.39, 0.29) is 63.5 Å². The first-order valence-electron chi connectivity index (χ1n) is 12.6. The molecular formula is C26H38N4O8Pd2. The van der Waals surface area contributed by atoms with Crippen LogP contribution in [0.1, 0.15) is 64.0 Å². The molecule has 2 heterocycles. The summed E-state index contributed by atoms with van der Waals surface area (Å²) >= 11 is 0. The number of benzene rings is 1. The van der Waals surface area contributed by atoms with Crippen LogP contribution in [0, 0.1) is 38.6 Å². The van der Waals surface area contributed by atoms with Crippen LogP contribution in [0.4, 0.5) is 5.69 Å². The van der Waals surface area contributed by atoms with E-state index in [0.29, 0.717) is 23.9 Å². The number of allylic oxidation sites excluding steroid dienone is 2. The zero-order valence-corrected chi connectivity index (χ0v) is 25.5. The molecule has 4 unspecified atom stereocenters. The summed E-state index contributed by atoms with van der Waals surface area (Å²) in [6, 6.07) is 7.32. The van der Waals surface area contributed by atoms with Crippen LogP contribution in [0.3, 0.4) is 0 Å². The monoisotopic (exact) mass is 746 g/mol. The fourth-order valence-corrected chi connectivity index (χ4v) is 4.05. The van der Waals surface area contributed by atoms with Crippen molar-refractivity contribution in [1.29, 1.82) is 0 Å². The van der Waals surface area contributed by atoms with Gasteiger partial charge in [0.05, 0.1) is 0 Å². The number of aliphatic hydroxyl groups excluding tert-OH is 2. The number of hydrogen-bond acceptors (Lipinski definition) is 8. The Morgan fingerprint density at radius 1 is 1.05 bits per heavy atom. The van der Waals surface area contributed by atoms with Crippen LogP contribution in [0.2, 0.25) is 0 Å². The van der Waals surface area contributed by atoms with Crippen LogP contribution in [0.5, 0.6) is 0 Å². The van der Waals surface area contributed by atoms with Crippen molar-refractivity contribution in [2.24, 2.45) is 5.92 Å². The summed E-state index contributed by atoms with van der Waals surface area (Å²) in [5.74, 6) is 0.370. The quantitative estimate of drug-likeness (QED) is 0.116. The van der Waals surface area contributed by atoms with Crippen LogP contribution in [-0.4, -0.2) is 61.5 Å². The largest absolute Gasteiger partial charge is 2.00 e. The number of hydrogen-bond donors (Lipinski definition) is 4. The Bertz CT molecular complexity index is 888. The molecule has 0 spiro atoms. The molecule has 12 nitrogen and oxygen atoms in total. The molecule has 1 saturated heterocycles. The second-order valence-electron chi connectivity index (χ2n) is 8.96. The second-order valence-corrected chi connectivity index (χ2v) is 8.96. The zero-order valence-electron chi connectivity index (χ0n) is 22.4. The minimum Gasteiger partial charge on any atom is -0.683 e. The van der Waals surface area contributed by atoms with E-state index in [0.717, 1.165) is 25.8 Å². The fourth-order valence-electron chi connectivity index (χ4n) is 4.05. The van der Waals surface area contributed by atoms with Crippen LogP contribution >= 0.6 is 0 Å². The van der Waals surface area contributed by atoms with Gasteiger partial charge >= 0.3 is 40.8 Å². The maximum Gasteiger partial charge on any atom is 2.00 e. The van der Waals surface area contributed by atoms with Crippen LogP contribution < -0.4 is 0 Å². The number of nitro benzene ring substituents is 1. The molecule has 0 radical (unpaired) electrons. The van der Waals surface area contributed by atoms with Crippen molar-refractivity contribution in [2.45, 2.75) is 83.1 Å². The maximum atomic E-state index is 10.7. The Morgan fingerprint density at radius 3 is 2.20 bits per heavy atom. The van der Waals surface area contributed by atoms with E-state index in [1.807, 2.05) is 18.2 Å². The van der Waals surface area contributed by atoms with Crippen molar-refractivity contribution in [1.82, 2.24) is 0 Å². The van der Waals surface area contributed by atoms with E-state index in [2.05, 4.69) is 23.1 Å². The molecule has 40 heavy (non-hydrogen) atoms. The summed E-state index contributed by atoms with van der Waals surface area (Å²) in [6.07, 6.45) is 13.0. The summed E-state index contributed by atoms with van der Waals surface area (Å²) in [6.45, 7) is 3.51. The van der Waals surface area contributed by atoms with E-state index in [4.69, 9.17) is 20.4 Å². The molecule has 1 saturated carbocycles. The summed E-state index contributed by atoms with van der Waals surface area (Å²) in [4.78, 5) is 20.8. The first kappa shape index (κ1) is 40.6. The molecule has 2 aliphatic heterocycles. The minimum absolute atomic E-state index is 0. The third kappa shape index (κ3) is 18.0. The number of non-ortho nitro benzene ring substituents is 1. The smallest absolute Gasteiger partial charge is 0.683 e. The van der Waals surface area contributed by atoms with Gasteiger partial charge in [-0.3, -0.25) is 20.2 Å². The van der Waals surface area contributed by atoms with E-state index >= 15 is 0 Å². The van der Waals surface area contributed by atoms with Gasteiger partial charge in [0.2, 0.25) is 6.04 Å². The molecule has 1 aromatic rings. The first-order chi connectivity index (χ1) is 18.0. The molecule has 1 aromatic carbocycles. The molecule has 4 N–H and O–H groups in total. The van der Waals surface area contributed by atoms with Gasteiger partial charge in [-0.25, -0.2) is 0 Å². The zero-order chi connectivity index (χ0) is 28.5. The molecule has 2 fully saturated rings. The average Bonchev–Trinajstić information content (AvgIpc) is 2.89. The Kier molecular flexibility index (Phi) is 23.4. The van der Waals surface area contributed by atoms with Crippen molar-refractivity contribution in [3.8, 4) is 0 Å². The molecule has 1 aliphatic carbocycles. The second kappa shape index (κ2) is 23.0. The van der Waals surface area contributed by atoms with Crippen LogP contribution in [0.25, 0.3) is 10.6 Å². The van der Waals surface area contributed by atoms with Gasteiger partial charge < -0.3 is 37.5 Å². The predicted molar refractivity (Wildman–Crippen MR) is 142 cm³/mol. The molecule has 4 rings (SSSR count). The van der Waals surface area contributed by atoms with Gasteiger partial charge in [0.25, 0.3) is 0 Å². The topological polar surface area (TPSA) is 195 Å². The SMILES string of the molecule is CC(O)O.CC(O)O.O=[N+]([O-])C1CC[CH-]C(C2CCCC[N-]2)C1.O=[N+]([O-])c1cc[c-]c(C2C=CC=C[N-]2)c1.[Pd+2].[Pd+2]. The summed E-state index contributed by atoms with van der Waals surface area (Å²) in [5, 5.41) is 60.5. The molecule has 230 valence electrons. The number of nitro groups is 2. The van der Waals surface area contributed by atoms with Gasteiger partial charge in [0.1, 0.15) is 12.6 Å². The molecular weight excluding hydrogens is 709 g/mol. The molecule has 0 bridgehead atoms. The van der Waals surface area contributed by atoms with Crippen molar-refractivity contribution in [3.05, 3.63) is 91.5 Å². The van der Waals surface area contributed by atoms with Gasteiger partial charge in [-0.15, -0.1) is 6.54 Å². The number of rotatable bonds is 4. The van der Waals surface area contributed by atoms with Gasteiger partial charge in [-0.2, -0.15) is 42.3 Å². The van der Waals surface area contributed by atoms with Crippen molar-refractivity contribution >= 4 is 5.69 Å². The van der Waals surface area contributed by atoms with Gasteiger partial charge in [-0.05, 0) is 26.7 Å². The molecule has 3 aliphatic rings. The fraction of sp³-hybridized carbons (Fsp3) is 0.577.